The molecular weight excluding hydrogens is 234 g/mol. The minimum absolute atomic E-state index is 0.304. The van der Waals surface area contributed by atoms with Gasteiger partial charge in [0.15, 0.2) is 6.39 Å². The first-order chi connectivity index (χ1) is 8.86. The number of oxazole rings is 1. The fourth-order valence-corrected chi connectivity index (χ4v) is 1.49. The van der Waals surface area contributed by atoms with E-state index >= 15 is 0 Å². The van der Waals surface area contributed by atoms with Crippen molar-refractivity contribution >= 4 is 0 Å². The SMILES string of the molecule is COc1ccc(-c2nnc(-c3cnco3)o2)cc1. The Morgan fingerprint density at radius 3 is 2.50 bits per heavy atom. The van der Waals surface area contributed by atoms with Crippen molar-refractivity contribution in [1.82, 2.24) is 15.2 Å². The predicted molar refractivity (Wildman–Crippen MR) is 61.8 cm³/mol. The number of hydrogen-bond donors (Lipinski definition) is 0. The van der Waals surface area contributed by atoms with E-state index in [4.69, 9.17) is 13.6 Å². The Bertz CT molecular complexity index is 629. The van der Waals surface area contributed by atoms with Gasteiger partial charge < -0.3 is 13.6 Å². The van der Waals surface area contributed by atoms with Crippen LogP contribution in [0.15, 0.2) is 45.7 Å². The highest BCUT2D eigenvalue weighted by Crippen LogP contribution is 2.24. The summed E-state index contributed by atoms with van der Waals surface area (Å²) in [5.41, 5.74) is 0.814. The van der Waals surface area contributed by atoms with Crippen LogP contribution in [0.4, 0.5) is 0 Å². The highest BCUT2D eigenvalue weighted by Gasteiger charge is 2.12. The van der Waals surface area contributed by atoms with Gasteiger partial charge in [-0.25, -0.2) is 4.98 Å². The van der Waals surface area contributed by atoms with Gasteiger partial charge in [-0.1, -0.05) is 0 Å². The second-order valence-electron chi connectivity index (χ2n) is 3.51. The second kappa shape index (κ2) is 4.33. The molecule has 1 aromatic carbocycles. The zero-order valence-electron chi connectivity index (χ0n) is 9.53. The Morgan fingerprint density at radius 2 is 1.83 bits per heavy atom. The van der Waals surface area contributed by atoms with Gasteiger partial charge >= 0.3 is 0 Å². The first kappa shape index (κ1) is 10.5. The summed E-state index contributed by atoms with van der Waals surface area (Å²) >= 11 is 0. The summed E-state index contributed by atoms with van der Waals surface area (Å²) < 4.78 is 15.6. The third-order valence-corrected chi connectivity index (χ3v) is 2.41. The van der Waals surface area contributed by atoms with E-state index in [0.717, 1.165) is 11.3 Å². The molecule has 18 heavy (non-hydrogen) atoms. The van der Waals surface area contributed by atoms with E-state index in [1.807, 2.05) is 24.3 Å². The summed E-state index contributed by atoms with van der Waals surface area (Å²) in [7, 11) is 1.61. The van der Waals surface area contributed by atoms with Crippen molar-refractivity contribution in [2.24, 2.45) is 0 Å². The van der Waals surface area contributed by atoms with Crippen molar-refractivity contribution in [3.63, 3.8) is 0 Å². The lowest BCUT2D eigenvalue weighted by molar-refractivity contribution is 0.415. The lowest BCUT2D eigenvalue weighted by atomic mass is 10.2. The smallest absolute Gasteiger partial charge is 0.285 e. The highest BCUT2D eigenvalue weighted by molar-refractivity contribution is 5.56. The largest absolute Gasteiger partial charge is 0.497 e. The molecule has 90 valence electrons. The van der Waals surface area contributed by atoms with Crippen LogP contribution in [0.1, 0.15) is 0 Å². The number of methoxy groups -OCH3 is 1. The average Bonchev–Trinajstić information content (AvgIpc) is 3.09. The van der Waals surface area contributed by atoms with Crippen LogP contribution in [-0.2, 0) is 0 Å². The molecule has 2 heterocycles. The summed E-state index contributed by atoms with van der Waals surface area (Å²) in [4.78, 5) is 3.79. The molecule has 0 aliphatic heterocycles. The number of nitrogens with zero attached hydrogens (tertiary/aromatic N) is 3. The second-order valence-corrected chi connectivity index (χ2v) is 3.51. The predicted octanol–water partition coefficient (Wildman–Crippen LogP) is 2.40. The molecule has 6 heteroatoms. The molecule has 0 saturated carbocycles. The van der Waals surface area contributed by atoms with Gasteiger partial charge in [0.25, 0.3) is 5.89 Å². The molecule has 0 N–H and O–H groups in total. The monoisotopic (exact) mass is 243 g/mol. The molecule has 0 unspecified atom stereocenters. The molecule has 0 atom stereocenters. The Hall–Kier alpha value is -2.63. The van der Waals surface area contributed by atoms with Gasteiger partial charge in [0.2, 0.25) is 11.7 Å². The molecule has 0 saturated heterocycles. The van der Waals surface area contributed by atoms with Crippen LogP contribution in [0.2, 0.25) is 0 Å². The van der Waals surface area contributed by atoms with Crippen LogP contribution < -0.4 is 4.74 Å². The Morgan fingerprint density at radius 1 is 1.06 bits per heavy atom. The standard InChI is InChI=1S/C12H9N3O3/c1-16-9-4-2-8(3-5-9)11-14-15-12(18-11)10-6-13-7-17-10/h2-7H,1H3. The molecule has 0 aliphatic rings. The number of aromatic nitrogens is 3. The van der Waals surface area contributed by atoms with Gasteiger partial charge in [-0.05, 0) is 24.3 Å². The lowest BCUT2D eigenvalue weighted by Gasteiger charge is -1.98. The van der Waals surface area contributed by atoms with E-state index in [1.165, 1.54) is 12.6 Å². The molecule has 3 rings (SSSR count). The summed E-state index contributed by atoms with van der Waals surface area (Å²) in [6.07, 6.45) is 2.83. The molecular formula is C12H9N3O3. The quantitative estimate of drug-likeness (QED) is 0.703. The zero-order valence-corrected chi connectivity index (χ0v) is 9.53. The van der Waals surface area contributed by atoms with Gasteiger partial charge in [-0.2, -0.15) is 0 Å². The van der Waals surface area contributed by atoms with E-state index in [1.54, 1.807) is 7.11 Å². The fraction of sp³-hybridized carbons (Fsp3) is 0.0833. The van der Waals surface area contributed by atoms with Gasteiger partial charge in [0.1, 0.15) is 5.75 Å². The van der Waals surface area contributed by atoms with Crippen LogP contribution in [0.25, 0.3) is 23.1 Å². The van der Waals surface area contributed by atoms with Gasteiger partial charge in [0.05, 0.1) is 13.3 Å². The Labute approximate surface area is 102 Å². The Balaban J connectivity index is 1.92. The maximum atomic E-state index is 5.49. The maximum absolute atomic E-state index is 5.49. The molecule has 0 aliphatic carbocycles. The van der Waals surface area contributed by atoms with Gasteiger partial charge in [0, 0.05) is 5.56 Å². The van der Waals surface area contributed by atoms with Crippen molar-refractivity contribution in [3.05, 3.63) is 36.9 Å². The lowest BCUT2D eigenvalue weighted by Crippen LogP contribution is -1.82. The molecule has 0 bridgehead atoms. The highest BCUT2D eigenvalue weighted by atomic mass is 16.5. The molecule has 3 aromatic rings. The van der Waals surface area contributed by atoms with Crippen LogP contribution in [0, 0.1) is 0 Å². The van der Waals surface area contributed by atoms with Crippen molar-refractivity contribution in [3.8, 4) is 28.9 Å². The van der Waals surface area contributed by atoms with E-state index in [9.17, 15) is 0 Å². The summed E-state index contributed by atoms with van der Waals surface area (Å²) in [5.74, 6) is 1.94. The average molecular weight is 243 g/mol. The minimum Gasteiger partial charge on any atom is -0.497 e. The van der Waals surface area contributed by atoms with Crippen molar-refractivity contribution in [2.45, 2.75) is 0 Å². The van der Waals surface area contributed by atoms with E-state index in [-0.39, 0.29) is 0 Å². The van der Waals surface area contributed by atoms with Crippen molar-refractivity contribution < 1.29 is 13.6 Å². The molecule has 0 spiro atoms. The molecule has 0 fully saturated rings. The molecule has 0 amide bonds. The maximum Gasteiger partial charge on any atom is 0.285 e. The fourth-order valence-electron chi connectivity index (χ4n) is 1.49. The normalized spacial score (nSPS) is 10.5. The van der Waals surface area contributed by atoms with E-state index in [2.05, 4.69) is 15.2 Å². The van der Waals surface area contributed by atoms with E-state index < -0.39 is 0 Å². The van der Waals surface area contributed by atoms with Crippen LogP contribution in [0.3, 0.4) is 0 Å². The van der Waals surface area contributed by atoms with Crippen LogP contribution >= 0.6 is 0 Å². The van der Waals surface area contributed by atoms with Crippen molar-refractivity contribution in [1.29, 1.82) is 0 Å². The first-order valence-corrected chi connectivity index (χ1v) is 5.23. The number of rotatable bonds is 3. The molecule has 2 aromatic heterocycles. The van der Waals surface area contributed by atoms with Crippen LogP contribution in [-0.4, -0.2) is 22.3 Å². The van der Waals surface area contributed by atoms with Gasteiger partial charge in [-0.15, -0.1) is 10.2 Å². The summed E-state index contributed by atoms with van der Waals surface area (Å²) in [6, 6.07) is 7.34. The van der Waals surface area contributed by atoms with Crippen molar-refractivity contribution in [2.75, 3.05) is 7.11 Å². The summed E-state index contributed by atoms with van der Waals surface area (Å²) in [6.45, 7) is 0. The zero-order chi connectivity index (χ0) is 12.4. The number of ether oxygens (including phenoxy) is 1. The first-order valence-electron chi connectivity index (χ1n) is 5.23. The number of hydrogen-bond acceptors (Lipinski definition) is 6. The summed E-state index contributed by atoms with van der Waals surface area (Å²) in [5, 5.41) is 7.85. The Kier molecular flexibility index (Phi) is 2.53. The third-order valence-electron chi connectivity index (χ3n) is 2.41. The van der Waals surface area contributed by atoms with E-state index in [0.29, 0.717) is 17.5 Å². The topological polar surface area (TPSA) is 74.2 Å². The molecule has 0 radical (unpaired) electrons. The number of benzene rings is 1. The third kappa shape index (κ3) is 1.84. The molecule has 6 nitrogen and oxygen atoms in total. The minimum atomic E-state index is 0.304. The van der Waals surface area contributed by atoms with Gasteiger partial charge in [-0.3, -0.25) is 0 Å². The van der Waals surface area contributed by atoms with Crippen LogP contribution in [0.5, 0.6) is 5.75 Å².